The molecule has 1 N–H and O–H groups in total. The van der Waals surface area contributed by atoms with Gasteiger partial charge in [-0.25, -0.2) is 13.2 Å². The van der Waals surface area contributed by atoms with Crippen LogP contribution in [0, 0.1) is 0 Å². The van der Waals surface area contributed by atoms with Crippen molar-refractivity contribution in [2.45, 2.75) is 50.2 Å². The van der Waals surface area contributed by atoms with Gasteiger partial charge in [0.15, 0.2) is 0 Å². The largest absolute Gasteiger partial charge is 0.444 e. The Hall–Kier alpha value is -1.88. The number of halogens is 1. The second-order valence-electron chi connectivity index (χ2n) is 7.96. The van der Waals surface area contributed by atoms with E-state index in [0.29, 0.717) is 30.4 Å². The van der Waals surface area contributed by atoms with E-state index in [1.165, 1.54) is 32.4 Å². The summed E-state index contributed by atoms with van der Waals surface area (Å²) in [6.45, 7) is 6.21. The predicted octanol–water partition coefficient (Wildman–Crippen LogP) is 2.65. The Kier molecular flexibility index (Phi) is 7.73. The molecule has 0 aliphatic carbocycles. The van der Waals surface area contributed by atoms with E-state index in [1.807, 2.05) is 0 Å². The molecule has 1 aliphatic rings. The van der Waals surface area contributed by atoms with Crippen LogP contribution < -0.4 is 5.32 Å². The lowest BCUT2D eigenvalue weighted by Gasteiger charge is -2.33. The quantitative estimate of drug-likeness (QED) is 0.676. The summed E-state index contributed by atoms with van der Waals surface area (Å²) in [5.74, 6) is -0.307. The predicted molar refractivity (Wildman–Crippen MR) is 112 cm³/mol. The van der Waals surface area contributed by atoms with Gasteiger partial charge in [-0.15, -0.1) is 0 Å². The van der Waals surface area contributed by atoms with Crippen molar-refractivity contribution >= 4 is 33.6 Å². The van der Waals surface area contributed by atoms with E-state index in [9.17, 15) is 18.0 Å². The second-order valence-corrected chi connectivity index (χ2v) is 10.3. The first kappa shape index (κ1) is 24.4. The van der Waals surface area contributed by atoms with Crippen molar-refractivity contribution in [2.24, 2.45) is 0 Å². The van der Waals surface area contributed by atoms with Crippen LogP contribution in [-0.2, 0) is 19.6 Å². The third-order valence-electron chi connectivity index (χ3n) is 4.55. The lowest BCUT2D eigenvalue weighted by atomic mass is 10.0. The van der Waals surface area contributed by atoms with Gasteiger partial charge in [-0.05, 0) is 51.8 Å². The number of amides is 2. The van der Waals surface area contributed by atoms with Crippen molar-refractivity contribution in [3.05, 3.63) is 28.8 Å². The topological polar surface area (TPSA) is 105 Å². The van der Waals surface area contributed by atoms with Gasteiger partial charge in [-0.1, -0.05) is 16.1 Å². The highest BCUT2D eigenvalue weighted by Gasteiger charge is 2.29. The molecule has 1 saturated heterocycles. The van der Waals surface area contributed by atoms with Crippen LogP contribution in [0.25, 0.3) is 0 Å². The van der Waals surface area contributed by atoms with Crippen LogP contribution in [0.5, 0.6) is 0 Å². The zero-order valence-electron chi connectivity index (χ0n) is 17.8. The molecule has 1 aromatic carbocycles. The number of hydrogen-bond acceptors (Lipinski definition) is 6. The van der Waals surface area contributed by atoms with Crippen molar-refractivity contribution in [1.82, 2.24) is 14.7 Å². The normalized spacial score (nSPS) is 15.9. The molecule has 0 unspecified atom stereocenters. The van der Waals surface area contributed by atoms with E-state index < -0.39 is 21.7 Å². The number of carbonyl (C=O) groups is 2. The number of rotatable bonds is 5. The lowest BCUT2D eigenvalue weighted by Crippen LogP contribution is -2.47. The first-order chi connectivity index (χ1) is 13.8. The third kappa shape index (κ3) is 6.07. The van der Waals surface area contributed by atoms with Gasteiger partial charge < -0.3 is 15.0 Å². The minimum atomic E-state index is -4.00. The van der Waals surface area contributed by atoms with Crippen molar-refractivity contribution < 1.29 is 27.6 Å². The Balaban J connectivity index is 2.05. The zero-order chi connectivity index (χ0) is 22.7. The molecule has 1 aromatic rings. The Morgan fingerprint density at radius 1 is 1.23 bits per heavy atom. The van der Waals surface area contributed by atoms with Crippen LogP contribution in [0.2, 0.25) is 5.02 Å². The SMILES string of the molecule is CON(C)S(=O)(=O)c1cc(C(=O)N2CCC(NC(=O)OC(C)(C)C)CC2)ccc1Cl. The number of carbonyl (C=O) groups excluding carboxylic acids is 2. The highest BCUT2D eigenvalue weighted by molar-refractivity contribution is 7.89. The molecule has 2 rings (SSSR count). The van der Waals surface area contributed by atoms with E-state index in [-0.39, 0.29) is 27.4 Å². The Morgan fingerprint density at radius 3 is 2.37 bits per heavy atom. The number of piperidine rings is 1. The van der Waals surface area contributed by atoms with Gasteiger partial charge in [0, 0.05) is 31.7 Å². The molecule has 9 nitrogen and oxygen atoms in total. The highest BCUT2D eigenvalue weighted by Crippen LogP contribution is 2.26. The maximum Gasteiger partial charge on any atom is 0.407 e. The van der Waals surface area contributed by atoms with E-state index in [4.69, 9.17) is 21.2 Å². The van der Waals surface area contributed by atoms with E-state index in [0.717, 1.165) is 0 Å². The van der Waals surface area contributed by atoms with Gasteiger partial charge in [0.2, 0.25) is 0 Å². The van der Waals surface area contributed by atoms with Gasteiger partial charge in [0.25, 0.3) is 15.9 Å². The molecule has 168 valence electrons. The number of likely N-dealkylation sites (tertiary alicyclic amines) is 1. The van der Waals surface area contributed by atoms with E-state index in [2.05, 4.69) is 5.32 Å². The van der Waals surface area contributed by atoms with Crippen LogP contribution in [0.4, 0.5) is 4.79 Å². The molecular formula is C19H28ClN3O6S. The molecule has 0 spiro atoms. The number of benzene rings is 1. The minimum Gasteiger partial charge on any atom is -0.444 e. The van der Waals surface area contributed by atoms with E-state index in [1.54, 1.807) is 25.7 Å². The van der Waals surface area contributed by atoms with Crippen molar-refractivity contribution in [3.8, 4) is 0 Å². The molecule has 0 radical (unpaired) electrons. The fourth-order valence-corrected chi connectivity index (χ4v) is 4.43. The Bertz CT molecular complexity index is 892. The number of hydrogen-bond donors (Lipinski definition) is 1. The third-order valence-corrected chi connectivity index (χ3v) is 6.72. The molecule has 2 amide bonds. The Morgan fingerprint density at radius 2 is 1.83 bits per heavy atom. The van der Waals surface area contributed by atoms with Gasteiger partial charge in [-0.2, -0.15) is 0 Å². The molecule has 11 heteroatoms. The van der Waals surface area contributed by atoms with Gasteiger partial charge >= 0.3 is 6.09 Å². The summed E-state index contributed by atoms with van der Waals surface area (Å²) in [5, 5.41) is 2.81. The number of alkyl carbamates (subject to hydrolysis) is 1. The van der Waals surface area contributed by atoms with Crippen LogP contribution in [0.3, 0.4) is 0 Å². The molecule has 1 fully saturated rings. The van der Waals surface area contributed by atoms with Gasteiger partial charge in [0.05, 0.1) is 12.1 Å². The second kappa shape index (κ2) is 9.51. The minimum absolute atomic E-state index is 0.00396. The summed E-state index contributed by atoms with van der Waals surface area (Å²) in [6.07, 6.45) is 0.647. The number of ether oxygens (including phenoxy) is 1. The fraction of sp³-hybridized carbons (Fsp3) is 0.579. The van der Waals surface area contributed by atoms with Crippen LogP contribution >= 0.6 is 11.6 Å². The number of nitrogens with one attached hydrogen (secondary N) is 1. The monoisotopic (exact) mass is 461 g/mol. The van der Waals surface area contributed by atoms with Crippen molar-refractivity contribution in [1.29, 1.82) is 0 Å². The lowest BCUT2D eigenvalue weighted by molar-refractivity contribution is -0.0258. The summed E-state index contributed by atoms with van der Waals surface area (Å²) in [6, 6.07) is 4.02. The maximum absolute atomic E-state index is 12.9. The number of nitrogens with zero attached hydrogens (tertiary/aromatic N) is 2. The summed E-state index contributed by atoms with van der Waals surface area (Å²) >= 11 is 6.05. The van der Waals surface area contributed by atoms with Crippen LogP contribution in [-0.4, -0.2) is 68.7 Å². The maximum atomic E-state index is 12.9. The standard InChI is InChI=1S/C19H28ClN3O6S/c1-19(2,3)29-18(25)21-14-8-10-23(11-9-14)17(24)13-6-7-15(20)16(12-13)30(26,27)22(4)28-5/h6-7,12,14H,8-11H2,1-5H3,(H,21,25). The average Bonchev–Trinajstić information content (AvgIpc) is 2.66. The molecule has 30 heavy (non-hydrogen) atoms. The molecule has 1 aliphatic heterocycles. The van der Waals surface area contributed by atoms with Crippen LogP contribution in [0.1, 0.15) is 44.0 Å². The summed E-state index contributed by atoms with van der Waals surface area (Å²) in [5.41, 5.74) is -0.370. The summed E-state index contributed by atoms with van der Waals surface area (Å²) in [4.78, 5) is 31.0. The van der Waals surface area contributed by atoms with Crippen LogP contribution in [0.15, 0.2) is 23.1 Å². The molecule has 0 bridgehead atoms. The van der Waals surface area contributed by atoms with Crippen molar-refractivity contribution in [3.63, 3.8) is 0 Å². The smallest absolute Gasteiger partial charge is 0.407 e. The van der Waals surface area contributed by atoms with Gasteiger partial charge in [0.1, 0.15) is 10.5 Å². The molecule has 1 heterocycles. The number of sulfonamides is 1. The average molecular weight is 462 g/mol. The molecular weight excluding hydrogens is 434 g/mol. The van der Waals surface area contributed by atoms with E-state index >= 15 is 0 Å². The molecule has 0 saturated carbocycles. The summed E-state index contributed by atoms with van der Waals surface area (Å²) < 4.78 is 31.0. The van der Waals surface area contributed by atoms with Gasteiger partial charge in [-0.3, -0.25) is 9.63 Å². The first-order valence-electron chi connectivity index (χ1n) is 9.46. The molecule has 0 aromatic heterocycles. The first-order valence-corrected chi connectivity index (χ1v) is 11.3. The Labute approximate surface area is 182 Å². The van der Waals surface area contributed by atoms with Crippen molar-refractivity contribution in [2.75, 3.05) is 27.2 Å². The molecule has 0 atom stereocenters. The highest BCUT2D eigenvalue weighted by atomic mass is 35.5. The fourth-order valence-electron chi connectivity index (χ4n) is 2.95. The zero-order valence-corrected chi connectivity index (χ0v) is 19.3. The number of hydroxylamine groups is 1. The summed E-state index contributed by atoms with van der Waals surface area (Å²) in [7, 11) is -1.54.